The fourth-order valence-electron chi connectivity index (χ4n) is 1.57. The normalized spacial score (nSPS) is 12.7. The lowest BCUT2D eigenvalue weighted by atomic mass is 9.99. The van der Waals surface area contributed by atoms with Crippen molar-refractivity contribution in [1.29, 1.82) is 0 Å². The Kier molecular flexibility index (Phi) is 5.38. The molecule has 0 saturated heterocycles. The summed E-state index contributed by atoms with van der Waals surface area (Å²) in [6, 6.07) is 5.25. The van der Waals surface area contributed by atoms with Gasteiger partial charge in [-0.3, -0.25) is 10.1 Å². The van der Waals surface area contributed by atoms with Gasteiger partial charge >= 0.3 is 12.1 Å². The van der Waals surface area contributed by atoms with Crippen molar-refractivity contribution in [2.75, 3.05) is 5.32 Å². The number of hydrogen-bond donors (Lipinski definition) is 2. The van der Waals surface area contributed by atoms with E-state index in [9.17, 15) is 9.59 Å². The molecule has 0 spiro atoms. The van der Waals surface area contributed by atoms with Crippen molar-refractivity contribution >= 4 is 40.3 Å². The third kappa shape index (κ3) is 4.66. The molecule has 2 N–H and O–H groups in total. The highest BCUT2D eigenvalue weighted by molar-refractivity contribution is 14.1. The molecule has 0 aliphatic heterocycles. The predicted octanol–water partition coefficient (Wildman–Crippen LogP) is 3.83. The topological polar surface area (TPSA) is 75.6 Å². The minimum absolute atomic E-state index is 0.484. The summed E-state index contributed by atoms with van der Waals surface area (Å²) in [5, 5.41) is 11.8. The number of hydrogen-bond acceptors (Lipinski definition) is 3. The van der Waals surface area contributed by atoms with E-state index in [1.165, 1.54) is 0 Å². The van der Waals surface area contributed by atoms with Crippen molar-refractivity contribution in [3.8, 4) is 0 Å². The fourth-order valence-corrected chi connectivity index (χ4v) is 2.23. The lowest BCUT2D eigenvalue weighted by molar-refractivity contribution is -0.138. The zero-order valence-electron chi connectivity index (χ0n) is 11.9. The van der Waals surface area contributed by atoms with Crippen LogP contribution < -0.4 is 5.32 Å². The Morgan fingerprint density at radius 3 is 2.45 bits per heavy atom. The number of nitrogens with one attached hydrogen (secondary N) is 1. The van der Waals surface area contributed by atoms with E-state index in [2.05, 4.69) is 27.9 Å². The quantitative estimate of drug-likeness (QED) is 0.769. The standard InChI is InChI=1S/C14H18INO4/c1-8(12(17)18)9-6-5-7-10(15)11(9)16-13(19)20-14(2,3)4/h5-8H,1-4H3,(H,16,19)(H,17,18). The molecule has 0 aromatic heterocycles. The minimum Gasteiger partial charge on any atom is -0.481 e. The largest absolute Gasteiger partial charge is 0.481 e. The number of halogens is 1. The molecule has 1 unspecified atom stereocenters. The van der Waals surface area contributed by atoms with Crippen LogP contribution in [0.1, 0.15) is 39.2 Å². The monoisotopic (exact) mass is 391 g/mol. The number of carboxylic acids is 1. The van der Waals surface area contributed by atoms with Crippen LogP contribution >= 0.6 is 22.6 Å². The summed E-state index contributed by atoms with van der Waals surface area (Å²) >= 11 is 2.05. The molecule has 1 rings (SSSR count). The molecule has 1 aromatic carbocycles. The van der Waals surface area contributed by atoms with E-state index in [0.29, 0.717) is 11.3 Å². The number of carbonyl (C=O) groups excluding carboxylic acids is 1. The zero-order valence-corrected chi connectivity index (χ0v) is 14.0. The molecular weight excluding hydrogens is 373 g/mol. The van der Waals surface area contributed by atoms with Crippen molar-refractivity contribution in [2.45, 2.75) is 39.2 Å². The highest BCUT2D eigenvalue weighted by Gasteiger charge is 2.22. The molecule has 0 aliphatic rings. The fraction of sp³-hybridized carbons (Fsp3) is 0.429. The summed E-state index contributed by atoms with van der Waals surface area (Å²) in [4.78, 5) is 23.0. The van der Waals surface area contributed by atoms with Gasteiger partial charge in [0.2, 0.25) is 0 Å². The van der Waals surface area contributed by atoms with Crippen LogP contribution in [0.5, 0.6) is 0 Å². The molecule has 0 fully saturated rings. The second-order valence-electron chi connectivity index (χ2n) is 5.39. The maximum Gasteiger partial charge on any atom is 0.412 e. The third-order valence-corrected chi connectivity index (χ3v) is 3.41. The SMILES string of the molecule is CC(C(=O)O)c1cccc(I)c1NC(=O)OC(C)(C)C. The van der Waals surface area contributed by atoms with Crippen LogP contribution in [0, 0.1) is 3.57 Å². The molecule has 5 nitrogen and oxygen atoms in total. The Bertz CT molecular complexity index is 522. The van der Waals surface area contributed by atoms with Crippen molar-refractivity contribution < 1.29 is 19.4 Å². The van der Waals surface area contributed by atoms with E-state index in [-0.39, 0.29) is 0 Å². The molecule has 0 radical (unpaired) electrons. The Morgan fingerprint density at radius 2 is 1.95 bits per heavy atom. The number of carboxylic acid groups (broad SMARTS) is 1. The Morgan fingerprint density at radius 1 is 1.35 bits per heavy atom. The van der Waals surface area contributed by atoms with Gasteiger partial charge in [0.1, 0.15) is 5.60 Å². The summed E-state index contributed by atoms with van der Waals surface area (Å²) < 4.78 is 5.95. The number of rotatable bonds is 3. The molecule has 6 heteroatoms. The minimum atomic E-state index is -0.945. The van der Waals surface area contributed by atoms with Crippen molar-refractivity contribution in [3.63, 3.8) is 0 Å². The summed E-state index contributed by atoms with van der Waals surface area (Å²) in [6.45, 7) is 6.88. The van der Waals surface area contributed by atoms with E-state index in [1.807, 2.05) is 0 Å². The van der Waals surface area contributed by atoms with E-state index < -0.39 is 23.6 Å². The molecule has 0 bridgehead atoms. The second kappa shape index (κ2) is 6.43. The molecule has 1 atom stereocenters. The molecule has 0 heterocycles. The maximum atomic E-state index is 11.8. The second-order valence-corrected chi connectivity index (χ2v) is 6.55. The highest BCUT2D eigenvalue weighted by Crippen LogP contribution is 2.29. The lowest BCUT2D eigenvalue weighted by Crippen LogP contribution is -2.28. The number of ether oxygens (including phenoxy) is 1. The number of carbonyl (C=O) groups is 2. The van der Waals surface area contributed by atoms with Crippen molar-refractivity contribution in [3.05, 3.63) is 27.3 Å². The van der Waals surface area contributed by atoms with Crippen LogP contribution in [0.3, 0.4) is 0 Å². The van der Waals surface area contributed by atoms with Gasteiger partial charge in [-0.15, -0.1) is 0 Å². The van der Waals surface area contributed by atoms with Gasteiger partial charge in [0.05, 0.1) is 11.6 Å². The first-order chi connectivity index (χ1) is 9.11. The summed E-state index contributed by atoms with van der Waals surface area (Å²) in [5.74, 6) is -1.66. The van der Waals surface area contributed by atoms with Gasteiger partial charge in [0.15, 0.2) is 0 Å². The number of para-hydroxylation sites is 1. The third-order valence-electron chi connectivity index (χ3n) is 2.51. The van der Waals surface area contributed by atoms with E-state index >= 15 is 0 Å². The number of aliphatic carboxylic acids is 1. The van der Waals surface area contributed by atoms with E-state index in [1.54, 1.807) is 45.9 Å². The first kappa shape index (κ1) is 16.7. The smallest absolute Gasteiger partial charge is 0.412 e. The van der Waals surface area contributed by atoms with Gasteiger partial charge in [-0.2, -0.15) is 0 Å². The van der Waals surface area contributed by atoms with E-state index in [4.69, 9.17) is 9.84 Å². The number of benzene rings is 1. The first-order valence-corrected chi connectivity index (χ1v) is 7.21. The molecule has 0 aliphatic carbocycles. The van der Waals surface area contributed by atoms with Crippen LogP contribution in [0.25, 0.3) is 0 Å². The van der Waals surface area contributed by atoms with Crippen LogP contribution in [0.2, 0.25) is 0 Å². The summed E-state index contributed by atoms with van der Waals surface area (Å²) in [5.41, 5.74) is 0.426. The lowest BCUT2D eigenvalue weighted by Gasteiger charge is -2.21. The van der Waals surface area contributed by atoms with Crippen LogP contribution in [0.4, 0.5) is 10.5 Å². The Balaban J connectivity index is 3.05. The van der Waals surface area contributed by atoms with E-state index in [0.717, 1.165) is 3.57 Å². The van der Waals surface area contributed by atoms with Gasteiger partial charge in [0, 0.05) is 3.57 Å². The first-order valence-electron chi connectivity index (χ1n) is 6.13. The average molecular weight is 391 g/mol. The molecular formula is C14H18INO4. The van der Waals surface area contributed by atoms with Crippen molar-refractivity contribution in [2.24, 2.45) is 0 Å². The van der Waals surface area contributed by atoms with Crippen LogP contribution in [0.15, 0.2) is 18.2 Å². The van der Waals surface area contributed by atoms with Crippen molar-refractivity contribution in [1.82, 2.24) is 0 Å². The predicted molar refractivity (Wildman–Crippen MR) is 85.1 cm³/mol. The molecule has 0 saturated carbocycles. The Labute approximate surface area is 131 Å². The summed E-state index contributed by atoms with van der Waals surface area (Å²) in [7, 11) is 0. The summed E-state index contributed by atoms with van der Waals surface area (Å²) in [6.07, 6.45) is -0.597. The van der Waals surface area contributed by atoms with Crippen LogP contribution in [-0.2, 0) is 9.53 Å². The van der Waals surface area contributed by atoms with Gasteiger partial charge in [-0.25, -0.2) is 4.79 Å². The molecule has 1 aromatic rings. The van der Waals surface area contributed by atoms with Gasteiger partial charge in [-0.05, 0) is 61.9 Å². The zero-order chi connectivity index (χ0) is 15.5. The van der Waals surface area contributed by atoms with Gasteiger partial charge in [0.25, 0.3) is 0 Å². The molecule has 1 amide bonds. The molecule has 110 valence electrons. The number of amides is 1. The van der Waals surface area contributed by atoms with Gasteiger partial charge in [-0.1, -0.05) is 12.1 Å². The Hall–Kier alpha value is -1.31. The molecule has 20 heavy (non-hydrogen) atoms. The number of anilines is 1. The average Bonchev–Trinajstić information content (AvgIpc) is 2.28. The van der Waals surface area contributed by atoms with Gasteiger partial charge < -0.3 is 9.84 Å². The highest BCUT2D eigenvalue weighted by atomic mass is 127. The maximum absolute atomic E-state index is 11.8. The van der Waals surface area contributed by atoms with Crippen LogP contribution in [-0.4, -0.2) is 22.8 Å².